The highest BCUT2D eigenvalue weighted by Crippen LogP contribution is 2.18. The van der Waals surface area contributed by atoms with Crippen LogP contribution in [0.25, 0.3) is 0 Å². The molecule has 0 radical (unpaired) electrons. The number of primary sulfonamides is 1. The molecule has 0 aliphatic carbocycles. The maximum Gasteiger partial charge on any atom is 0.303 e. The van der Waals surface area contributed by atoms with Gasteiger partial charge in [-0.15, -0.1) is 0 Å². The Morgan fingerprint density at radius 1 is 1.50 bits per heavy atom. The lowest BCUT2D eigenvalue weighted by Gasteiger charge is -2.08. The molecule has 0 fully saturated rings. The van der Waals surface area contributed by atoms with Gasteiger partial charge in [0, 0.05) is 19.0 Å². The van der Waals surface area contributed by atoms with Gasteiger partial charge >= 0.3 is 5.97 Å². The number of aryl methyl sites for hydroxylation is 1. The van der Waals surface area contributed by atoms with E-state index >= 15 is 0 Å². The zero-order valence-corrected chi connectivity index (χ0v) is 11.9. The summed E-state index contributed by atoms with van der Waals surface area (Å²) >= 11 is 0. The molecule has 0 saturated carbocycles. The highest BCUT2D eigenvalue weighted by molar-refractivity contribution is 7.89. The summed E-state index contributed by atoms with van der Waals surface area (Å²) in [6, 6.07) is 1.04. The van der Waals surface area contributed by atoms with Crippen LogP contribution < -0.4 is 10.5 Å². The lowest BCUT2D eigenvalue weighted by atomic mass is 10.1. The number of sulfonamides is 1. The smallest absolute Gasteiger partial charge is 0.303 e. The third-order valence-corrected chi connectivity index (χ3v) is 3.56. The number of carbonyl (C=O) groups is 2. The highest BCUT2D eigenvalue weighted by Gasteiger charge is 2.21. The molecule has 0 aliphatic heterocycles. The van der Waals surface area contributed by atoms with E-state index < -0.39 is 21.9 Å². The average Bonchev–Trinajstić information content (AvgIpc) is 2.67. The number of aliphatic carboxylic acids is 1. The Hall–Kier alpha value is -1.87. The van der Waals surface area contributed by atoms with Crippen LogP contribution in [0.1, 0.15) is 29.7 Å². The Morgan fingerprint density at radius 3 is 2.55 bits per heavy atom. The minimum Gasteiger partial charge on any atom is -0.481 e. The van der Waals surface area contributed by atoms with Gasteiger partial charge in [0.1, 0.15) is 10.7 Å². The Bertz CT molecular complexity index is 619. The number of hydrogen-bond acceptors (Lipinski definition) is 5. The molecule has 1 aromatic rings. The number of furan rings is 1. The van der Waals surface area contributed by atoms with Crippen LogP contribution in [0.15, 0.2) is 15.4 Å². The number of carboxylic acid groups (broad SMARTS) is 1. The number of amides is 1. The maximum absolute atomic E-state index is 11.7. The van der Waals surface area contributed by atoms with Gasteiger partial charge in [-0.3, -0.25) is 9.59 Å². The molecule has 1 unspecified atom stereocenters. The van der Waals surface area contributed by atoms with Gasteiger partial charge in [-0.05, 0) is 12.8 Å². The Morgan fingerprint density at radius 2 is 2.10 bits per heavy atom. The zero-order chi connectivity index (χ0) is 15.5. The van der Waals surface area contributed by atoms with Crippen LogP contribution in [0.2, 0.25) is 0 Å². The number of carboxylic acids is 1. The fraction of sp³-hybridized carbons (Fsp3) is 0.455. The lowest BCUT2D eigenvalue weighted by Crippen LogP contribution is -2.28. The molecular weight excluding hydrogens is 288 g/mol. The Labute approximate surface area is 116 Å². The van der Waals surface area contributed by atoms with Crippen LogP contribution in [0.5, 0.6) is 0 Å². The van der Waals surface area contributed by atoms with E-state index in [-0.39, 0.29) is 35.3 Å². The fourth-order valence-electron chi connectivity index (χ4n) is 1.58. The number of nitrogens with one attached hydrogen (secondary N) is 1. The van der Waals surface area contributed by atoms with Crippen molar-refractivity contribution >= 4 is 21.9 Å². The Kier molecular flexibility index (Phi) is 4.90. The monoisotopic (exact) mass is 304 g/mol. The quantitative estimate of drug-likeness (QED) is 0.679. The first-order chi connectivity index (χ1) is 9.11. The van der Waals surface area contributed by atoms with Crippen molar-refractivity contribution in [3.63, 3.8) is 0 Å². The molecule has 112 valence electrons. The van der Waals surface area contributed by atoms with Crippen molar-refractivity contribution < 1.29 is 27.5 Å². The van der Waals surface area contributed by atoms with Gasteiger partial charge in [-0.2, -0.15) is 0 Å². The summed E-state index contributed by atoms with van der Waals surface area (Å²) in [5, 5.41) is 16.0. The largest absolute Gasteiger partial charge is 0.481 e. The van der Waals surface area contributed by atoms with Gasteiger partial charge in [0.25, 0.3) is 5.91 Å². The molecule has 0 saturated heterocycles. The van der Waals surface area contributed by atoms with Crippen LogP contribution in [0.4, 0.5) is 0 Å². The Balaban J connectivity index is 2.72. The molecule has 8 nitrogen and oxygen atoms in total. The summed E-state index contributed by atoms with van der Waals surface area (Å²) in [6.45, 7) is 3.18. The van der Waals surface area contributed by atoms with Crippen molar-refractivity contribution in [2.45, 2.75) is 25.2 Å². The molecule has 0 spiro atoms. The molecule has 4 N–H and O–H groups in total. The predicted octanol–water partition coefficient (Wildman–Crippen LogP) is 0.0760. The lowest BCUT2D eigenvalue weighted by molar-refractivity contribution is -0.137. The molecule has 1 amide bonds. The van der Waals surface area contributed by atoms with Gasteiger partial charge < -0.3 is 14.8 Å². The van der Waals surface area contributed by atoms with Crippen LogP contribution in [0.3, 0.4) is 0 Å². The van der Waals surface area contributed by atoms with E-state index in [4.69, 9.17) is 14.7 Å². The second-order valence-corrected chi connectivity index (χ2v) is 6.02. The third kappa shape index (κ3) is 4.35. The standard InChI is InChI=1S/C11H16N2O6S/c1-6(3-10(14)15)5-13-11(16)8-4-9(7(2)19-8)20(12,17)18/h4,6H,3,5H2,1-2H3,(H,13,16)(H,14,15)(H2,12,17,18). The number of carbonyl (C=O) groups excluding carboxylic acids is 1. The first-order valence-electron chi connectivity index (χ1n) is 5.74. The first-order valence-corrected chi connectivity index (χ1v) is 7.29. The second-order valence-electron chi connectivity index (χ2n) is 4.49. The molecule has 1 rings (SSSR count). The summed E-state index contributed by atoms with van der Waals surface area (Å²) in [7, 11) is -3.94. The van der Waals surface area contributed by atoms with Gasteiger partial charge in [-0.1, -0.05) is 6.92 Å². The van der Waals surface area contributed by atoms with E-state index in [2.05, 4.69) is 5.32 Å². The minimum absolute atomic E-state index is 0.0243. The highest BCUT2D eigenvalue weighted by atomic mass is 32.2. The van der Waals surface area contributed by atoms with Crippen molar-refractivity contribution in [2.24, 2.45) is 11.1 Å². The van der Waals surface area contributed by atoms with Crippen molar-refractivity contribution in [3.8, 4) is 0 Å². The summed E-state index contributed by atoms with van der Waals surface area (Å²) < 4.78 is 27.4. The summed E-state index contributed by atoms with van der Waals surface area (Å²) in [6.07, 6.45) is -0.0834. The van der Waals surface area contributed by atoms with E-state index in [1.807, 2.05) is 0 Å². The van der Waals surface area contributed by atoms with Gasteiger partial charge in [0.15, 0.2) is 5.76 Å². The minimum atomic E-state index is -3.94. The molecule has 9 heteroatoms. The summed E-state index contributed by atoms with van der Waals surface area (Å²) in [4.78, 5) is 22.0. The SMILES string of the molecule is Cc1oc(C(=O)NCC(C)CC(=O)O)cc1S(N)(=O)=O. The van der Waals surface area contributed by atoms with Crippen LogP contribution in [-0.2, 0) is 14.8 Å². The fourth-order valence-corrected chi connectivity index (χ4v) is 2.30. The van der Waals surface area contributed by atoms with Crippen molar-refractivity contribution in [3.05, 3.63) is 17.6 Å². The molecular formula is C11H16N2O6S. The van der Waals surface area contributed by atoms with Crippen LogP contribution in [0, 0.1) is 12.8 Å². The first kappa shape index (κ1) is 16.2. The van der Waals surface area contributed by atoms with E-state index in [1.165, 1.54) is 6.92 Å². The molecule has 1 atom stereocenters. The summed E-state index contributed by atoms with van der Waals surface area (Å²) in [5.74, 6) is -2.01. The maximum atomic E-state index is 11.7. The molecule has 1 aromatic heterocycles. The van der Waals surface area contributed by atoms with E-state index in [9.17, 15) is 18.0 Å². The topological polar surface area (TPSA) is 140 Å². The van der Waals surface area contributed by atoms with Crippen LogP contribution in [-0.4, -0.2) is 31.9 Å². The van der Waals surface area contributed by atoms with E-state index in [0.29, 0.717) is 0 Å². The average molecular weight is 304 g/mol. The van der Waals surface area contributed by atoms with Gasteiger partial charge in [0.2, 0.25) is 10.0 Å². The molecule has 0 aliphatic rings. The van der Waals surface area contributed by atoms with Crippen molar-refractivity contribution in [1.29, 1.82) is 0 Å². The number of hydrogen-bond donors (Lipinski definition) is 3. The molecule has 0 aromatic carbocycles. The van der Waals surface area contributed by atoms with Crippen LogP contribution >= 0.6 is 0 Å². The van der Waals surface area contributed by atoms with E-state index in [1.54, 1.807) is 6.92 Å². The van der Waals surface area contributed by atoms with Gasteiger partial charge in [0.05, 0.1) is 0 Å². The molecule has 0 bridgehead atoms. The van der Waals surface area contributed by atoms with Gasteiger partial charge in [-0.25, -0.2) is 13.6 Å². The zero-order valence-electron chi connectivity index (χ0n) is 11.0. The van der Waals surface area contributed by atoms with E-state index in [0.717, 1.165) is 6.07 Å². The predicted molar refractivity (Wildman–Crippen MR) is 68.6 cm³/mol. The molecule has 20 heavy (non-hydrogen) atoms. The third-order valence-electron chi connectivity index (χ3n) is 2.54. The van der Waals surface area contributed by atoms with Crippen molar-refractivity contribution in [2.75, 3.05) is 6.54 Å². The molecule has 1 heterocycles. The van der Waals surface area contributed by atoms with Crippen molar-refractivity contribution in [1.82, 2.24) is 5.32 Å². The normalized spacial score (nSPS) is 12.9. The second kappa shape index (κ2) is 6.06. The number of rotatable bonds is 6. The summed E-state index contributed by atoms with van der Waals surface area (Å²) in [5.41, 5.74) is 0. The number of nitrogens with two attached hydrogens (primary N) is 1.